The van der Waals surface area contributed by atoms with E-state index in [0.29, 0.717) is 0 Å². The number of hydrogen-bond donors (Lipinski definition) is 1. The zero-order valence-electron chi connectivity index (χ0n) is 15.3. The number of nitrogens with two attached hydrogens (primary N) is 1. The lowest BCUT2D eigenvalue weighted by Gasteiger charge is -1.89. The maximum absolute atomic E-state index is 10.6. The number of amides is 1. The molecule has 0 aliphatic heterocycles. The molecule has 8 heteroatoms. The first kappa shape index (κ1) is 30.2. The summed E-state index contributed by atoms with van der Waals surface area (Å²) in [6, 6.07) is 11.0. The summed E-state index contributed by atoms with van der Waals surface area (Å²) in [6.07, 6.45) is 0. The summed E-state index contributed by atoms with van der Waals surface area (Å²) in [7, 11) is 1.35. The second-order valence-electron chi connectivity index (χ2n) is 3.92. The minimum Gasteiger partial charge on any atom is -0.469 e. The van der Waals surface area contributed by atoms with Gasteiger partial charge in [-0.3, -0.25) is 19.2 Å². The molecule has 0 aromatic heterocycles. The van der Waals surface area contributed by atoms with Crippen molar-refractivity contribution in [3.63, 3.8) is 0 Å². The van der Waals surface area contributed by atoms with Crippen LogP contribution in [0.2, 0.25) is 0 Å². The minimum absolute atomic E-state index is 0.121. The highest BCUT2D eigenvalue weighted by molar-refractivity contribution is 6.62. The van der Waals surface area contributed by atoms with Gasteiger partial charge < -0.3 is 10.5 Å². The van der Waals surface area contributed by atoms with Gasteiger partial charge >= 0.3 is 5.97 Å². The van der Waals surface area contributed by atoms with Crippen molar-refractivity contribution in [3.8, 4) is 6.07 Å². The van der Waals surface area contributed by atoms with Gasteiger partial charge in [0, 0.05) is 33.3 Å². The molecule has 7 nitrogen and oxygen atoms in total. The number of esters is 1. The van der Waals surface area contributed by atoms with Crippen molar-refractivity contribution in [1.29, 1.82) is 5.26 Å². The number of rotatable bonds is 1. The smallest absolute Gasteiger partial charge is 0.302 e. The number of ketones is 1. The first-order valence-corrected chi connectivity index (χ1v) is 7.17. The van der Waals surface area contributed by atoms with Gasteiger partial charge in [-0.1, -0.05) is 30.3 Å². The molecule has 0 atom stereocenters. The number of carbonyl (C=O) groups is 4. The third kappa shape index (κ3) is 62.2. The summed E-state index contributed by atoms with van der Waals surface area (Å²) in [6.45, 7) is 6.96. The quantitative estimate of drug-likeness (QED) is 0.458. The Bertz CT molecular complexity index is 520. The molecule has 0 aliphatic carbocycles. The van der Waals surface area contributed by atoms with Crippen LogP contribution in [0.1, 0.15) is 45.0 Å². The Labute approximate surface area is 153 Å². The molecule has 0 heterocycles. The van der Waals surface area contributed by atoms with Crippen molar-refractivity contribution in [2.75, 3.05) is 7.11 Å². The largest absolute Gasteiger partial charge is 0.469 e. The van der Waals surface area contributed by atoms with Crippen LogP contribution in [0.15, 0.2) is 30.3 Å². The Morgan fingerprint density at radius 1 is 1.04 bits per heavy atom. The third-order valence-corrected chi connectivity index (χ3v) is 1.47. The number of Topliss-reactive ketones (excluding diaryl/α,β-unsaturated/α-hetero) is 1. The van der Waals surface area contributed by atoms with E-state index in [0.717, 1.165) is 5.56 Å². The molecule has 2 N–H and O–H groups in total. The topological polar surface area (TPSA) is 127 Å². The fourth-order valence-electron chi connectivity index (χ4n) is 0.673. The van der Waals surface area contributed by atoms with Gasteiger partial charge in [0.2, 0.25) is 11.1 Å². The number of ether oxygens (including phenoxy) is 1. The van der Waals surface area contributed by atoms with Crippen LogP contribution in [0.25, 0.3) is 0 Å². The number of halogens is 1. The fourth-order valence-corrected chi connectivity index (χ4v) is 0.673. The lowest BCUT2D eigenvalue weighted by Crippen LogP contribution is -2.01. The van der Waals surface area contributed by atoms with Crippen LogP contribution in [-0.2, 0) is 19.1 Å². The van der Waals surface area contributed by atoms with Crippen molar-refractivity contribution in [2.24, 2.45) is 5.73 Å². The predicted molar refractivity (Wildman–Crippen MR) is 96.8 cm³/mol. The molecule has 0 bridgehead atoms. The van der Waals surface area contributed by atoms with E-state index in [1.165, 1.54) is 34.8 Å². The molecule has 0 spiro atoms. The molecule has 0 aliphatic rings. The van der Waals surface area contributed by atoms with E-state index in [4.69, 9.17) is 5.26 Å². The summed E-state index contributed by atoms with van der Waals surface area (Å²) in [5, 5.41) is 6.96. The summed E-state index contributed by atoms with van der Waals surface area (Å²) in [5.74, 6) is -0.458. The molecule has 25 heavy (non-hydrogen) atoms. The minimum atomic E-state index is -0.361. The molecule has 1 aromatic carbocycles. The maximum atomic E-state index is 10.6. The Morgan fingerprint density at radius 2 is 1.28 bits per heavy atom. The van der Waals surface area contributed by atoms with Crippen LogP contribution in [0.4, 0.5) is 0 Å². The van der Waals surface area contributed by atoms with Crippen LogP contribution < -0.4 is 5.73 Å². The van der Waals surface area contributed by atoms with Crippen LogP contribution in [-0.4, -0.2) is 30.0 Å². The second-order valence-corrected chi connectivity index (χ2v) is 4.45. The van der Waals surface area contributed by atoms with Gasteiger partial charge in [0.1, 0.15) is 0 Å². The highest BCUT2D eigenvalue weighted by Gasteiger charge is 1.92. The number of carbonyl (C=O) groups excluding carboxylic acids is 4. The summed E-state index contributed by atoms with van der Waals surface area (Å²) in [4.78, 5) is 38.7. The van der Waals surface area contributed by atoms with Crippen LogP contribution in [0.3, 0.4) is 0 Å². The van der Waals surface area contributed by atoms with Gasteiger partial charge in [0.25, 0.3) is 0 Å². The van der Waals surface area contributed by atoms with Gasteiger partial charge in [0.15, 0.2) is 5.78 Å². The molecule has 0 unspecified atom stereocenters. The van der Waals surface area contributed by atoms with E-state index in [1.54, 1.807) is 13.0 Å². The molecule has 1 rings (SSSR count). The summed E-state index contributed by atoms with van der Waals surface area (Å²) in [5.41, 5.74) is 5.25. The number of hydrogen-bond acceptors (Lipinski definition) is 6. The summed E-state index contributed by atoms with van der Waals surface area (Å²) < 4.78 is 4.11. The molecular formula is C17H25ClN2O5. The molecule has 1 aromatic rings. The number of primary amides is 1. The van der Waals surface area contributed by atoms with Gasteiger partial charge in [-0.05, 0) is 18.5 Å². The molecular weight excluding hydrogens is 348 g/mol. The van der Waals surface area contributed by atoms with E-state index in [2.05, 4.69) is 22.1 Å². The third-order valence-electron chi connectivity index (χ3n) is 1.47. The van der Waals surface area contributed by atoms with Crippen molar-refractivity contribution in [2.45, 2.75) is 34.6 Å². The van der Waals surface area contributed by atoms with Gasteiger partial charge in [-0.15, -0.1) is 0 Å². The fraction of sp³-hybridized carbons (Fsp3) is 0.353. The lowest BCUT2D eigenvalue weighted by molar-refractivity contribution is -0.138. The Morgan fingerprint density at radius 3 is 1.40 bits per heavy atom. The van der Waals surface area contributed by atoms with Crippen molar-refractivity contribution >= 4 is 34.5 Å². The van der Waals surface area contributed by atoms with Gasteiger partial charge in [0.05, 0.1) is 13.2 Å². The second kappa shape index (κ2) is 23.5. The Balaban J connectivity index is -0.000000120. The molecule has 1 amide bonds. The van der Waals surface area contributed by atoms with Crippen LogP contribution in [0.5, 0.6) is 0 Å². The zero-order chi connectivity index (χ0) is 20.8. The first-order valence-electron chi connectivity index (χ1n) is 6.79. The molecule has 0 saturated carbocycles. The Hall–Kier alpha value is -2.72. The average molecular weight is 373 g/mol. The van der Waals surface area contributed by atoms with E-state index < -0.39 is 0 Å². The predicted octanol–water partition coefficient (Wildman–Crippen LogP) is 2.86. The van der Waals surface area contributed by atoms with Crippen LogP contribution >= 0.6 is 11.6 Å². The SMILES string of the molecule is CC#N.CC(=O)Cl.CC(=O)c1ccccc1.CC(N)=O.COC(C)=O. The lowest BCUT2D eigenvalue weighted by atomic mass is 10.2. The normalized spacial score (nSPS) is 6.96. The van der Waals surface area contributed by atoms with E-state index in [9.17, 15) is 19.2 Å². The van der Waals surface area contributed by atoms with Gasteiger partial charge in [-0.2, -0.15) is 5.26 Å². The molecule has 0 fully saturated rings. The maximum Gasteiger partial charge on any atom is 0.302 e. The zero-order valence-corrected chi connectivity index (χ0v) is 16.1. The van der Waals surface area contributed by atoms with Crippen molar-refractivity contribution < 1.29 is 23.9 Å². The number of nitrogens with zero attached hydrogens (tertiary/aromatic N) is 1. The van der Waals surface area contributed by atoms with Gasteiger partial charge in [-0.25, -0.2) is 0 Å². The summed E-state index contributed by atoms with van der Waals surface area (Å²) >= 11 is 4.64. The van der Waals surface area contributed by atoms with Crippen molar-refractivity contribution in [3.05, 3.63) is 35.9 Å². The number of benzene rings is 1. The average Bonchev–Trinajstić information content (AvgIpc) is 2.48. The van der Waals surface area contributed by atoms with E-state index in [1.807, 2.05) is 30.3 Å². The van der Waals surface area contributed by atoms with Crippen LogP contribution in [0, 0.1) is 11.3 Å². The molecule has 0 radical (unpaired) electrons. The Kier molecular flexibility index (Phi) is 28.4. The van der Waals surface area contributed by atoms with E-state index in [-0.39, 0.29) is 22.9 Å². The highest BCUT2D eigenvalue weighted by Crippen LogP contribution is 1.97. The number of methoxy groups -OCH3 is 1. The first-order chi connectivity index (χ1) is 11.5. The van der Waals surface area contributed by atoms with Crippen molar-refractivity contribution in [1.82, 2.24) is 0 Å². The monoisotopic (exact) mass is 372 g/mol. The highest BCUT2D eigenvalue weighted by atomic mass is 35.5. The van der Waals surface area contributed by atoms with E-state index >= 15 is 0 Å². The number of nitriles is 1. The molecule has 0 saturated heterocycles. The standard InChI is InChI=1S/C8H8O.C3H6O2.C2H3ClO.C2H5NO.C2H3N/c1-7(9)8-5-3-2-4-6-8;1-3(4)5-2;2*1-2(3)4;1-2-3/h2-6H,1H3;1-2H3;1H3;1H3,(H2,3,4);1H3. The molecule has 140 valence electrons.